The van der Waals surface area contributed by atoms with E-state index in [1.54, 1.807) is 28.8 Å². The van der Waals surface area contributed by atoms with Crippen LogP contribution in [0.25, 0.3) is 21.7 Å². The Balaban J connectivity index is 2.37. The molecular weight excluding hydrogens is 343 g/mol. The van der Waals surface area contributed by atoms with Crippen LogP contribution in [-0.2, 0) is 12.1 Å². The Labute approximate surface area is 148 Å². The van der Waals surface area contributed by atoms with Gasteiger partial charge >= 0.3 is 6.18 Å². The third-order valence-electron chi connectivity index (χ3n) is 4.83. The Morgan fingerprint density at radius 2 is 1.69 bits per heavy atom. The average molecular weight is 363 g/mol. The van der Waals surface area contributed by atoms with Gasteiger partial charge in [0.15, 0.2) is 5.60 Å². The number of pyridine rings is 1. The van der Waals surface area contributed by atoms with Crippen LogP contribution in [0.3, 0.4) is 0 Å². The average Bonchev–Trinajstić information content (AvgIpc) is 2.60. The number of fused-ring (bicyclic) bond motifs is 3. The lowest BCUT2D eigenvalue weighted by molar-refractivity contribution is -0.258. The van der Waals surface area contributed by atoms with E-state index in [-0.39, 0.29) is 11.1 Å². The van der Waals surface area contributed by atoms with Gasteiger partial charge in [0.2, 0.25) is 0 Å². The van der Waals surface area contributed by atoms with Gasteiger partial charge in [0.25, 0.3) is 5.56 Å². The van der Waals surface area contributed by atoms with Gasteiger partial charge in [-0.3, -0.25) is 4.79 Å². The number of aliphatic hydroxyl groups is 1. The number of aryl methyl sites for hydroxylation is 1. The minimum Gasteiger partial charge on any atom is -0.376 e. The molecule has 2 aromatic carbocycles. The smallest absolute Gasteiger partial charge is 0.376 e. The van der Waals surface area contributed by atoms with Crippen molar-refractivity contribution < 1.29 is 18.3 Å². The highest BCUT2D eigenvalue weighted by Gasteiger charge is 2.51. The zero-order chi connectivity index (χ0) is 19.1. The van der Waals surface area contributed by atoms with Gasteiger partial charge in [0, 0.05) is 17.3 Å². The molecule has 0 amide bonds. The Morgan fingerprint density at radius 3 is 2.31 bits per heavy atom. The molecule has 3 rings (SSSR count). The van der Waals surface area contributed by atoms with E-state index in [9.17, 15) is 23.1 Å². The van der Waals surface area contributed by atoms with Crippen LogP contribution >= 0.6 is 0 Å². The molecule has 1 heterocycles. The number of rotatable bonds is 4. The number of nitrogens with zero attached hydrogens (tertiary/aromatic N) is 1. The van der Waals surface area contributed by atoms with Gasteiger partial charge in [0.05, 0.1) is 5.52 Å². The number of unbranched alkanes of at least 4 members (excludes halogenated alkanes) is 1. The molecule has 1 aromatic heterocycles. The molecular formula is C20H20F3NO2. The Kier molecular flexibility index (Phi) is 4.56. The van der Waals surface area contributed by atoms with E-state index >= 15 is 0 Å². The molecule has 0 aliphatic carbocycles. The van der Waals surface area contributed by atoms with Crippen molar-refractivity contribution in [2.24, 2.45) is 0 Å². The summed E-state index contributed by atoms with van der Waals surface area (Å²) in [5.74, 6) is 0. The summed E-state index contributed by atoms with van der Waals surface area (Å²) in [6.45, 7) is 3.24. The molecule has 3 nitrogen and oxygen atoms in total. The highest BCUT2D eigenvalue weighted by atomic mass is 19.4. The van der Waals surface area contributed by atoms with Crippen molar-refractivity contribution in [1.82, 2.24) is 4.57 Å². The Hall–Kier alpha value is -2.34. The number of halogens is 3. The maximum atomic E-state index is 13.2. The first-order chi connectivity index (χ1) is 12.2. The highest BCUT2D eigenvalue weighted by Crippen LogP contribution is 2.39. The maximum Gasteiger partial charge on any atom is 0.421 e. The summed E-state index contributed by atoms with van der Waals surface area (Å²) < 4.78 is 41.3. The minimum absolute atomic E-state index is 0.156. The first kappa shape index (κ1) is 18.5. The van der Waals surface area contributed by atoms with Crippen LogP contribution in [0.15, 0.2) is 47.3 Å². The molecule has 26 heavy (non-hydrogen) atoms. The van der Waals surface area contributed by atoms with Crippen LogP contribution in [0, 0.1) is 0 Å². The second-order valence-electron chi connectivity index (χ2n) is 6.66. The molecule has 1 atom stereocenters. The maximum absolute atomic E-state index is 13.2. The topological polar surface area (TPSA) is 42.2 Å². The Morgan fingerprint density at radius 1 is 1.04 bits per heavy atom. The van der Waals surface area contributed by atoms with E-state index in [0.717, 1.165) is 19.8 Å². The molecule has 0 aliphatic rings. The van der Waals surface area contributed by atoms with Crippen LogP contribution in [0.4, 0.5) is 13.2 Å². The van der Waals surface area contributed by atoms with Crippen molar-refractivity contribution >= 4 is 21.7 Å². The lowest BCUT2D eigenvalue weighted by atomic mass is 9.92. The number of aromatic nitrogens is 1. The predicted molar refractivity (Wildman–Crippen MR) is 96.2 cm³/mol. The van der Waals surface area contributed by atoms with Crippen molar-refractivity contribution in [3.8, 4) is 0 Å². The third-order valence-corrected chi connectivity index (χ3v) is 4.83. The molecule has 0 aliphatic heterocycles. The fourth-order valence-electron chi connectivity index (χ4n) is 3.15. The van der Waals surface area contributed by atoms with Crippen LogP contribution < -0.4 is 5.56 Å². The van der Waals surface area contributed by atoms with Gasteiger partial charge in [-0.2, -0.15) is 13.2 Å². The SMILES string of the molecule is CCCCn1c(=O)c2ccccc2c2cc(C(C)(O)C(F)(F)F)ccc21. The first-order valence-corrected chi connectivity index (χ1v) is 8.53. The van der Waals surface area contributed by atoms with Crippen molar-refractivity contribution in [3.05, 3.63) is 58.4 Å². The quantitative estimate of drug-likeness (QED) is 0.681. The van der Waals surface area contributed by atoms with E-state index in [1.165, 1.54) is 18.2 Å². The molecule has 6 heteroatoms. The normalized spacial score (nSPS) is 14.7. The Bertz CT molecular complexity index is 1020. The van der Waals surface area contributed by atoms with E-state index < -0.39 is 11.8 Å². The zero-order valence-electron chi connectivity index (χ0n) is 14.6. The van der Waals surface area contributed by atoms with Crippen molar-refractivity contribution in [2.45, 2.75) is 45.0 Å². The fraction of sp³-hybridized carbons (Fsp3) is 0.350. The molecule has 0 spiro atoms. The van der Waals surface area contributed by atoms with Crippen molar-refractivity contribution in [2.75, 3.05) is 0 Å². The summed E-state index contributed by atoms with van der Waals surface area (Å²) in [6, 6.07) is 10.9. The first-order valence-electron chi connectivity index (χ1n) is 8.53. The summed E-state index contributed by atoms with van der Waals surface area (Å²) in [5, 5.41) is 11.6. The predicted octanol–water partition coefficient (Wildman–Crippen LogP) is 4.72. The standard InChI is InChI=1S/C20H20F3NO2/c1-3-4-11-24-17-10-9-13(19(2,26)20(21,22)23)12-16(17)14-7-5-6-8-15(14)18(24)25/h5-10,12,26H,3-4,11H2,1-2H3. The monoisotopic (exact) mass is 363 g/mol. The lowest BCUT2D eigenvalue weighted by Gasteiger charge is -2.27. The lowest BCUT2D eigenvalue weighted by Crippen LogP contribution is -2.39. The second-order valence-corrected chi connectivity index (χ2v) is 6.66. The molecule has 0 fully saturated rings. The molecule has 0 saturated carbocycles. The second kappa shape index (κ2) is 6.43. The molecule has 3 aromatic rings. The number of benzene rings is 2. The summed E-state index contributed by atoms with van der Waals surface area (Å²) in [7, 11) is 0. The van der Waals surface area contributed by atoms with E-state index in [2.05, 4.69) is 0 Å². The van der Waals surface area contributed by atoms with E-state index in [4.69, 9.17) is 0 Å². The van der Waals surface area contributed by atoms with E-state index in [1.807, 2.05) is 6.92 Å². The van der Waals surface area contributed by atoms with E-state index in [0.29, 0.717) is 28.2 Å². The molecule has 1 unspecified atom stereocenters. The van der Waals surface area contributed by atoms with Gasteiger partial charge in [-0.05, 0) is 42.5 Å². The molecule has 0 bridgehead atoms. The molecule has 1 N–H and O–H groups in total. The highest BCUT2D eigenvalue weighted by molar-refractivity contribution is 6.05. The summed E-state index contributed by atoms with van der Waals surface area (Å²) in [4.78, 5) is 12.8. The van der Waals surface area contributed by atoms with Crippen LogP contribution in [0.1, 0.15) is 32.3 Å². The van der Waals surface area contributed by atoms with Crippen molar-refractivity contribution in [3.63, 3.8) is 0 Å². The molecule has 0 saturated heterocycles. The van der Waals surface area contributed by atoms with Gasteiger partial charge in [-0.25, -0.2) is 0 Å². The summed E-state index contributed by atoms with van der Waals surface area (Å²) >= 11 is 0. The third kappa shape index (κ3) is 2.88. The van der Waals surface area contributed by atoms with Gasteiger partial charge < -0.3 is 9.67 Å². The molecule has 0 radical (unpaired) electrons. The minimum atomic E-state index is -4.80. The number of alkyl halides is 3. The van der Waals surface area contributed by atoms with Crippen LogP contribution in [0.2, 0.25) is 0 Å². The van der Waals surface area contributed by atoms with Gasteiger partial charge in [-0.1, -0.05) is 37.6 Å². The zero-order valence-corrected chi connectivity index (χ0v) is 14.6. The molecule has 138 valence electrons. The van der Waals surface area contributed by atoms with Gasteiger partial charge in [-0.15, -0.1) is 0 Å². The fourth-order valence-corrected chi connectivity index (χ4v) is 3.15. The van der Waals surface area contributed by atoms with Gasteiger partial charge in [0.1, 0.15) is 0 Å². The largest absolute Gasteiger partial charge is 0.421 e. The summed E-state index contributed by atoms with van der Waals surface area (Å²) in [6.07, 6.45) is -3.12. The summed E-state index contributed by atoms with van der Waals surface area (Å²) in [5.41, 5.74) is -2.80. The number of hydrogen-bond acceptors (Lipinski definition) is 2. The van der Waals surface area contributed by atoms with Crippen LogP contribution in [0.5, 0.6) is 0 Å². The van der Waals surface area contributed by atoms with Crippen LogP contribution in [-0.4, -0.2) is 15.8 Å². The van der Waals surface area contributed by atoms with Crippen molar-refractivity contribution in [1.29, 1.82) is 0 Å². The number of hydrogen-bond donors (Lipinski definition) is 1.